The maximum atomic E-state index is 4.93. The van der Waals surface area contributed by atoms with Gasteiger partial charge in [-0.2, -0.15) is 5.10 Å². The van der Waals surface area contributed by atoms with Crippen molar-refractivity contribution in [3.05, 3.63) is 106 Å². The van der Waals surface area contributed by atoms with Crippen LogP contribution in [0.4, 0.5) is 5.69 Å². The molecular weight excluding hydrogens is 448 g/mol. The number of nitrogens with zero attached hydrogens (tertiary/aromatic N) is 3. The second-order valence-corrected chi connectivity index (χ2v) is 9.99. The Morgan fingerprint density at radius 2 is 1.63 bits per heavy atom. The van der Waals surface area contributed by atoms with Crippen LogP contribution >= 0.6 is 11.3 Å². The monoisotopic (exact) mass is 476 g/mol. The fourth-order valence-corrected chi connectivity index (χ4v) is 5.84. The number of hydrogen-bond donors (Lipinski definition) is 1. The van der Waals surface area contributed by atoms with Crippen molar-refractivity contribution < 1.29 is 0 Å². The van der Waals surface area contributed by atoms with E-state index in [1.807, 2.05) is 53.5 Å². The van der Waals surface area contributed by atoms with Crippen molar-refractivity contribution in [2.24, 2.45) is 10.1 Å². The normalized spacial score (nSPS) is 15.4. The first-order valence-corrected chi connectivity index (χ1v) is 13.2. The topological polar surface area (TPSA) is 45.4 Å². The Morgan fingerprint density at radius 1 is 0.857 bits per heavy atom. The van der Waals surface area contributed by atoms with Crippen molar-refractivity contribution in [1.82, 2.24) is 9.66 Å². The Bertz CT molecular complexity index is 1510. The summed E-state index contributed by atoms with van der Waals surface area (Å²) in [6.45, 7) is 0. The largest absolute Gasteiger partial charge is 0.361 e. The fourth-order valence-electron chi connectivity index (χ4n) is 4.98. The molecule has 0 amide bonds. The highest BCUT2D eigenvalue weighted by molar-refractivity contribution is 7.07. The standard InChI is InChI=1S/C30H28N4S/c1-3-9-22(10-4-1)23-15-17-24(18-16-23)29-21-35-30(33-26-11-5-2-6-12-26)34(29)32-20-25-19-31-28-14-8-7-13-27(25)28/h2,5-8,11-22,31H,1,3-4,9-10H2/b32-20+,33-30?. The lowest BCUT2D eigenvalue weighted by atomic mass is 9.84. The minimum Gasteiger partial charge on any atom is -0.361 e. The summed E-state index contributed by atoms with van der Waals surface area (Å²) < 4.78 is 1.97. The van der Waals surface area contributed by atoms with Gasteiger partial charge < -0.3 is 4.98 Å². The maximum absolute atomic E-state index is 4.93. The smallest absolute Gasteiger partial charge is 0.211 e. The average Bonchev–Trinajstić information content (AvgIpc) is 3.52. The lowest BCUT2D eigenvalue weighted by Crippen LogP contribution is -2.11. The van der Waals surface area contributed by atoms with Crippen molar-refractivity contribution >= 4 is 34.1 Å². The molecule has 35 heavy (non-hydrogen) atoms. The summed E-state index contributed by atoms with van der Waals surface area (Å²) in [5.41, 5.74) is 6.76. The fraction of sp³-hybridized carbons (Fsp3) is 0.200. The summed E-state index contributed by atoms with van der Waals surface area (Å²) in [4.78, 5) is 9.08. The highest BCUT2D eigenvalue weighted by Gasteiger charge is 2.16. The molecule has 0 atom stereocenters. The number of fused-ring (bicyclic) bond motifs is 1. The van der Waals surface area contributed by atoms with Crippen LogP contribution in [0, 0.1) is 0 Å². The molecule has 1 N–H and O–H groups in total. The third kappa shape index (κ3) is 4.64. The quantitative estimate of drug-likeness (QED) is 0.251. The molecule has 1 aliphatic carbocycles. The summed E-state index contributed by atoms with van der Waals surface area (Å²) in [6.07, 6.45) is 10.6. The van der Waals surface area contributed by atoms with Gasteiger partial charge in [-0.25, -0.2) is 9.67 Å². The zero-order valence-corrected chi connectivity index (χ0v) is 20.4. The predicted octanol–water partition coefficient (Wildman–Crippen LogP) is 7.86. The van der Waals surface area contributed by atoms with Gasteiger partial charge in [0.1, 0.15) is 0 Å². The second kappa shape index (κ2) is 9.88. The molecule has 2 heterocycles. The van der Waals surface area contributed by atoms with Crippen LogP contribution in [0.1, 0.15) is 49.1 Å². The van der Waals surface area contributed by atoms with Crippen molar-refractivity contribution in [1.29, 1.82) is 0 Å². The van der Waals surface area contributed by atoms with Crippen LogP contribution in [0.3, 0.4) is 0 Å². The molecule has 0 unspecified atom stereocenters. The summed E-state index contributed by atoms with van der Waals surface area (Å²) >= 11 is 1.61. The number of thiazole rings is 1. The molecule has 2 aromatic heterocycles. The van der Waals surface area contributed by atoms with E-state index in [0.29, 0.717) is 5.92 Å². The van der Waals surface area contributed by atoms with Crippen LogP contribution in [-0.2, 0) is 0 Å². The Labute approximate surface area is 209 Å². The van der Waals surface area contributed by atoms with Crippen LogP contribution < -0.4 is 4.80 Å². The summed E-state index contributed by atoms with van der Waals surface area (Å²) in [5, 5.41) is 8.25. The summed E-state index contributed by atoms with van der Waals surface area (Å²) in [7, 11) is 0. The first-order valence-electron chi connectivity index (χ1n) is 12.4. The van der Waals surface area contributed by atoms with Gasteiger partial charge in [-0.1, -0.05) is 79.9 Å². The first-order chi connectivity index (χ1) is 17.3. The van der Waals surface area contributed by atoms with Crippen LogP contribution in [0.2, 0.25) is 0 Å². The molecule has 6 rings (SSSR count). The number of rotatable bonds is 5. The zero-order chi connectivity index (χ0) is 23.5. The Morgan fingerprint density at radius 3 is 2.46 bits per heavy atom. The van der Waals surface area contributed by atoms with Crippen LogP contribution in [0.5, 0.6) is 0 Å². The zero-order valence-electron chi connectivity index (χ0n) is 19.6. The SMILES string of the molecule is C(=N\n1c(-c2ccc(C3CCCCC3)cc2)csc1=Nc1ccccc1)/c1c[nH]c2ccccc12. The molecule has 1 saturated carbocycles. The molecule has 3 aromatic carbocycles. The lowest BCUT2D eigenvalue weighted by molar-refractivity contribution is 0.443. The average molecular weight is 477 g/mol. The maximum Gasteiger partial charge on any atom is 0.211 e. The first kappa shape index (κ1) is 21.8. The van der Waals surface area contributed by atoms with Gasteiger partial charge in [0, 0.05) is 33.6 Å². The second-order valence-electron chi connectivity index (χ2n) is 9.15. The predicted molar refractivity (Wildman–Crippen MR) is 147 cm³/mol. The van der Waals surface area contributed by atoms with E-state index in [1.165, 1.54) is 37.7 Å². The molecule has 0 radical (unpaired) electrons. The molecular formula is C30H28N4S. The van der Waals surface area contributed by atoms with E-state index in [1.54, 1.807) is 11.3 Å². The number of aromatic amines is 1. The van der Waals surface area contributed by atoms with Crippen LogP contribution in [0.15, 0.2) is 101 Å². The molecule has 5 heteroatoms. The van der Waals surface area contributed by atoms with Gasteiger partial charge >= 0.3 is 0 Å². The van der Waals surface area contributed by atoms with Crippen LogP contribution in [0.25, 0.3) is 22.2 Å². The van der Waals surface area contributed by atoms with Gasteiger partial charge in [0.05, 0.1) is 17.6 Å². The molecule has 0 aliphatic heterocycles. The van der Waals surface area contributed by atoms with Gasteiger partial charge in [-0.3, -0.25) is 0 Å². The molecule has 4 nitrogen and oxygen atoms in total. The number of aromatic nitrogens is 2. The molecule has 5 aromatic rings. The third-order valence-corrected chi connectivity index (χ3v) is 7.70. The van der Waals surface area contributed by atoms with Gasteiger partial charge in [0.15, 0.2) is 0 Å². The molecule has 1 fully saturated rings. The number of H-pyrrole nitrogens is 1. The number of hydrogen-bond acceptors (Lipinski definition) is 3. The summed E-state index contributed by atoms with van der Waals surface area (Å²) in [6, 6.07) is 27.5. The molecule has 0 bridgehead atoms. The van der Waals surface area contributed by atoms with Crippen molar-refractivity contribution in [3.63, 3.8) is 0 Å². The van der Waals surface area contributed by atoms with E-state index in [0.717, 1.165) is 38.2 Å². The minimum atomic E-state index is 0.705. The Kier molecular flexibility index (Phi) is 6.16. The van der Waals surface area contributed by atoms with Crippen molar-refractivity contribution in [3.8, 4) is 11.3 Å². The number of benzene rings is 3. The van der Waals surface area contributed by atoms with Gasteiger partial charge in [0.25, 0.3) is 0 Å². The van der Waals surface area contributed by atoms with Crippen LogP contribution in [-0.4, -0.2) is 15.9 Å². The van der Waals surface area contributed by atoms with Gasteiger partial charge in [-0.05, 0) is 42.5 Å². The van der Waals surface area contributed by atoms with E-state index >= 15 is 0 Å². The van der Waals surface area contributed by atoms with Crippen molar-refractivity contribution in [2.75, 3.05) is 0 Å². The Hall–Kier alpha value is -3.70. The van der Waals surface area contributed by atoms with E-state index in [2.05, 4.69) is 52.8 Å². The number of nitrogens with one attached hydrogen (secondary N) is 1. The summed E-state index contributed by atoms with van der Waals surface area (Å²) in [5.74, 6) is 0.705. The van der Waals surface area contributed by atoms with Gasteiger partial charge in [0.2, 0.25) is 4.80 Å². The third-order valence-electron chi connectivity index (χ3n) is 6.88. The van der Waals surface area contributed by atoms with E-state index < -0.39 is 0 Å². The van der Waals surface area contributed by atoms with E-state index in [4.69, 9.17) is 10.1 Å². The molecule has 174 valence electrons. The van der Waals surface area contributed by atoms with E-state index in [-0.39, 0.29) is 0 Å². The van der Waals surface area contributed by atoms with Gasteiger partial charge in [-0.15, -0.1) is 11.3 Å². The highest BCUT2D eigenvalue weighted by Crippen LogP contribution is 2.33. The van der Waals surface area contributed by atoms with E-state index in [9.17, 15) is 0 Å². The Balaban J connectivity index is 1.41. The minimum absolute atomic E-state index is 0.705. The highest BCUT2D eigenvalue weighted by atomic mass is 32.1. The molecule has 0 saturated heterocycles. The van der Waals surface area contributed by atoms with Crippen molar-refractivity contribution in [2.45, 2.75) is 38.0 Å². The number of para-hydroxylation sites is 2. The molecule has 1 aliphatic rings. The molecule has 0 spiro atoms. The lowest BCUT2D eigenvalue weighted by Gasteiger charge is -2.22.